The zero-order valence-corrected chi connectivity index (χ0v) is 16.7. The molecule has 1 fully saturated rings. The minimum absolute atomic E-state index is 0.121. The molecule has 0 radical (unpaired) electrons. The average Bonchev–Trinajstić information content (AvgIpc) is 3.04. The summed E-state index contributed by atoms with van der Waals surface area (Å²) in [5.41, 5.74) is 2.02. The molecule has 2 aromatic heterocycles. The van der Waals surface area contributed by atoms with Crippen LogP contribution in [0.1, 0.15) is 11.3 Å². The van der Waals surface area contributed by atoms with Gasteiger partial charge in [-0.2, -0.15) is 4.68 Å². The summed E-state index contributed by atoms with van der Waals surface area (Å²) < 4.78 is 25.9. The Bertz CT molecular complexity index is 937. The van der Waals surface area contributed by atoms with E-state index in [9.17, 15) is 13.2 Å². The molecular formula is C16H21ClN6O3S. The number of anilines is 1. The Hall–Kier alpha value is -2.17. The number of hydrogen-bond donors (Lipinski definition) is 1. The maximum absolute atomic E-state index is 12.5. The van der Waals surface area contributed by atoms with Gasteiger partial charge in [0.25, 0.3) is 0 Å². The van der Waals surface area contributed by atoms with Crippen molar-refractivity contribution < 1.29 is 13.2 Å². The Balaban J connectivity index is 1.56. The van der Waals surface area contributed by atoms with Crippen LogP contribution in [0.5, 0.6) is 0 Å². The van der Waals surface area contributed by atoms with Crippen molar-refractivity contribution in [3.63, 3.8) is 0 Å². The highest BCUT2D eigenvalue weighted by Crippen LogP contribution is 2.15. The number of carbonyl (C=O) groups excluding carboxylic acids is 1. The van der Waals surface area contributed by atoms with Crippen molar-refractivity contribution >= 4 is 33.5 Å². The zero-order valence-electron chi connectivity index (χ0n) is 15.1. The molecule has 0 atom stereocenters. The highest BCUT2D eigenvalue weighted by Gasteiger charge is 2.23. The highest BCUT2D eigenvalue weighted by molar-refractivity contribution is 7.92. The van der Waals surface area contributed by atoms with Gasteiger partial charge in [0.15, 0.2) is 5.82 Å². The number of halogens is 1. The lowest BCUT2D eigenvalue weighted by Gasteiger charge is -2.34. The SMILES string of the molecule is Cc1nc(Cl)ccc1CN1CCN(C(=O)n2ccc(NS(C)(=O)=O)n2)CC1. The standard InChI is InChI=1S/C16H21ClN6O3S/c1-12-13(3-4-14(17)18-12)11-21-7-9-22(10-8-21)16(24)23-6-5-15(19-23)20-27(2,25)26/h3-6H,7-11H2,1-2H3,(H,19,20). The van der Waals surface area contributed by atoms with E-state index >= 15 is 0 Å². The molecule has 3 heterocycles. The van der Waals surface area contributed by atoms with E-state index in [0.717, 1.165) is 41.8 Å². The fraction of sp³-hybridized carbons (Fsp3) is 0.438. The molecule has 1 amide bonds. The molecule has 146 valence electrons. The van der Waals surface area contributed by atoms with Crippen molar-refractivity contribution in [1.82, 2.24) is 24.6 Å². The first-order valence-corrected chi connectivity index (χ1v) is 10.7. The van der Waals surface area contributed by atoms with Crippen molar-refractivity contribution in [2.45, 2.75) is 13.5 Å². The second-order valence-corrected chi connectivity index (χ2v) is 8.58. The first-order chi connectivity index (χ1) is 12.7. The van der Waals surface area contributed by atoms with Gasteiger partial charge in [-0.3, -0.25) is 9.62 Å². The van der Waals surface area contributed by atoms with Gasteiger partial charge in [0, 0.05) is 50.7 Å². The van der Waals surface area contributed by atoms with Crippen LogP contribution in [0.3, 0.4) is 0 Å². The highest BCUT2D eigenvalue weighted by atomic mass is 35.5. The Morgan fingerprint density at radius 2 is 1.93 bits per heavy atom. The van der Waals surface area contributed by atoms with Crippen molar-refractivity contribution in [3.05, 3.63) is 40.8 Å². The fourth-order valence-electron chi connectivity index (χ4n) is 2.88. The number of rotatable bonds is 4. The van der Waals surface area contributed by atoms with Gasteiger partial charge in [-0.1, -0.05) is 17.7 Å². The summed E-state index contributed by atoms with van der Waals surface area (Å²) in [4.78, 5) is 20.8. The number of pyridine rings is 1. The maximum Gasteiger partial charge on any atom is 0.344 e. The van der Waals surface area contributed by atoms with Crippen LogP contribution in [-0.2, 0) is 16.6 Å². The lowest BCUT2D eigenvalue weighted by Crippen LogP contribution is -2.49. The molecule has 9 nitrogen and oxygen atoms in total. The van der Waals surface area contributed by atoms with Gasteiger partial charge in [0.05, 0.1) is 6.26 Å². The van der Waals surface area contributed by atoms with Crippen molar-refractivity contribution in [2.24, 2.45) is 0 Å². The van der Waals surface area contributed by atoms with E-state index in [2.05, 4.69) is 19.7 Å². The predicted molar refractivity (Wildman–Crippen MR) is 102 cm³/mol. The van der Waals surface area contributed by atoms with Gasteiger partial charge in [0.2, 0.25) is 10.0 Å². The van der Waals surface area contributed by atoms with Crippen molar-refractivity contribution in [2.75, 3.05) is 37.2 Å². The molecule has 0 saturated carbocycles. The Labute approximate surface area is 163 Å². The molecule has 27 heavy (non-hydrogen) atoms. The molecule has 11 heteroatoms. The first-order valence-electron chi connectivity index (χ1n) is 8.38. The number of aromatic nitrogens is 3. The van der Waals surface area contributed by atoms with E-state index < -0.39 is 10.0 Å². The number of hydrogen-bond acceptors (Lipinski definition) is 6. The Kier molecular flexibility index (Phi) is 5.68. The summed E-state index contributed by atoms with van der Waals surface area (Å²) >= 11 is 5.89. The molecule has 0 aromatic carbocycles. The van der Waals surface area contributed by atoms with Crippen LogP contribution in [0.15, 0.2) is 24.4 Å². The molecule has 1 aliphatic rings. The van der Waals surface area contributed by atoms with Gasteiger partial charge >= 0.3 is 6.03 Å². The van der Waals surface area contributed by atoms with Gasteiger partial charge in [0.1, 0.15) is 5.15 Å². The van der Waals surface area contributed by atoms with Crippen LogP contribution in [0.2, 0.25) is 5.15 Å². The summed E-state index contributed by atoms with van der Waals surface area (Å²) in [5.74, 6) is 0.121. The van der Waals surface area contributed by atoms with Crippen LogP contribution in [0, 0.1) is 6.92 Å². The molecule has 3 rings (SSSR count). The van der Waals surface area contributed by atoms with Crippen molar-refractivity contribution in [3.8, 4) is 0 Å². The molecule has 0 aliphatic carbocycles. The van der Waals surface area contributed by atoms with Crippen LogP contribution >= 0.6 is 11.6 Å². The number of sulfonamides is 1. The number of piperazine rings is 1. The first kappa shape index (κ1) is 19.6. The number of nitrogens with one attached hydrogen (secondary N) is 1. The quantitative estimate of drug-likeness (QED) is 0.762. The fourth-order valence-corrected chi connectivity index (χ4v) is 3.56. The second-order valence-electron chi connectivity index (χ2n) is 6.44. The smallest absolute Gasteiger partial charge is 0.320 e. The van der Waals surface area contributed by atoms with E-state index in [1.54, 1.807) is 11.0 Å². The molecule has 2 aromatic rings. The molecule has 0 spiro atoms. The third kappa shape index (κ3) is 5.18. The van der Waals surface area contributed by atoms with Crippen LogP contribution in [0.4, 0.5) is 10.6 Å². The molecular weight excluding hydrogens is 392 g/mol. The van der Waals surface area contributed by atoms with E-state index in [-0.39, 0.29) is 11.8 Å². The summed E-state index contributed by atoms with van der Waals surface area (Å²) in [7, 11) is -3.43. The Morgan fingerprint density at radius 1 is 1.22 bits per heavy atom. The van der Waals surface area contributed by atoms with Crippen LogP contribution in [-0.4, -0.2) is 71.4 Å². The largest absolute Gasteiger partial charge is 0.344 e. The average molecular weight is 413 g/mol. The summed E-state index contributed by atoms with van der Waals surface area (Å²) in [6.07, 6.45) is 2.48. The lowest BCUT2D eigenvalue weighted by atomic mass is 10.2. The van der Waals surface area contributed by atoms with E-state index in [4.69, 9.17) is 11.6 Å². The molecule has 0 unspecified atom stereocenters. The molecule has 1 N–H and O–H groups in total. The third-order valence-corrected chi connectivity index (χ3v) is 5.06. The van der Waals surface area contributed by atoms with Crippen molar-refractivity contribution in [1.29, 1.82) is 0 Å². The van der Waals surface area contributed by atoms with E-state index in [1.165, 1.54) is 12.3 Å². The monoisotopic (exact) mass is 412 g/mol. The molecule has 1 aliphatic heterocycles. The second kappa shape index (κ2) is 7.83. The summed E-state index contributed by atoms with van der Waals surface area (Å²) in [6.45, 7) is 5.26. The number of aryl methyl sites for hydroxylation is 1. The topological polar surface area (TPSA) is 100 Å². The maximum atomic E-state index is 12.5. The lowest BCUT2D eigenvalue weighted by molar-refractivity contribution is 0.134. The minimum atomic E-state index is -3.43. The van der Waals surface area contributed by atoms with Gasteiger partial charge in [-0.05, 0) is 18.6 Å². The number of nitrogens with zero attached hydrogens (tertiary/aromatic N) is 5. The molecule has 0 bridgehead atoms. The summed E-state index contributed by atoms with van der Waals surface area (Å²) in [6, 6.07) is 4.93. The normalized spacial score (nSPS) is 15.7. The number of carbonyl (C=O) groups is 1. The third-order valence-electron chi connectivity index (χ3n) is 4.27. The van der Waals surface area contributed by atoms with E-state index in [0.29, 0.717) is 18.2 Å². The van der Waals surface area contributed by atoms with E-state index in [1.807, 2.05) is 13.0 Å². The van der Waals surface area contributed by atoms with Gasteiger partial charge < -0.3 is 4.90 Å². The van der Waals surface area contributed by atoms with Crippen LogP contribution < -0.4 is 4.72 Å². The molecule has 1 saturated heterocycles. The number of amides is 1. The minimum Gasteiger partial charge on any atom is -0.320 e. The zero-order chi connectivity index (χ0) is 19.6. The van der Waals surface area contributed by atoms with Gasteiger partial charge in [-0.15, -0.1) is 5.10 Å². The summed E-state index contributed by atoms with van der Waals surface area (Å²) in [5, 5.41) is 4.46. The Morgan fingerprint density at radius 3 is 2.56 bits per heavy atom. The predicted octanol–water partition coefficient (Wildman–Crippen LogP) is 1.40. The van der Waals surface area contributed by atoms with Crippen LogP contribution in [0.25, 0.3) is 0 Å². The van der Waals surface area contributed by atoms with Gasteiger partial charge in [-0.25, -0.2) is 18.2 Å².